The van der Waals surface area contributed by atoms with Crippen molar-refractivity contribution in [3.8, 4) is 0 Å². The minimum atomic E-state index is -1.27. The number of benzene rings is 6. The van der Waals surface area contributed by atoms with Gasteiger partial charge in [0.05, 0.1) is 11.5 Å². The first kappa shape index (κ1) is 27.3. The molecule has 8 rings (SSSR count). The van der Waals surface area contributed by atoms with Crippen molar-refractivity contribution in [1.82, 2.24) is 0 Å². The van der Waals surface area contributed by atoms with Crippen molar-refractivity contribution in [2.75, 3.05) is 0 Å². The first-order chi connectivity index (χ1) is 21.3. The summed E-state index contributed by atoms with van der Waals surface area (Å²) in [6.07, 6.45) is 2.92. The van der Waals surface area contributed by atoms with Gasteiger partial charge in [-0.05, 0) is 98.7 Å². The molecule has 0 radical (unpaired) electrons. The van der Waals surface area contributed by atoms with E-state index in [4.69, 9.17) is 4.99 Å². The van der Waals surface area contributed by atoms with Gasteiger partial charge in [-0.3, -0.25) is 4.99 Å². The summed E-state index contributed by atoms with van der Waals surface area (Å²) >= 11 is 0. The molecule has 2 heteroatoms. The zero-order valence-electron chi connectivity index (χ0n) is 25.8. The third-order valence-corrected chi connectivity index (χ3v) is 11.5. The van der Waals surface area contributed by atoms with Crippen LogP contribution in [0.3, 0.4) is 0 Å². The van der Waals surface area contributed by atoms with E-state index in [0.29, 0.717) is 5.92 Å². The molecule has 0 aromatic heterocycles. The molecule has 6 aromatic carbocycles. The number of hydrogen-bond acceptors (Lipinski definition) is 2. The summed E-state index contributed by atoms with van der Waals surface area (Å²) in [6.45, 7) is 7.01. The number of hydrogen-bond donors (Lipinski definition) is 1. The molecular formula is C42H39NO. The Balaban J connectivity index is 1.39. The third-order valence-electron chi connectivity index (χ3n) is 11.5. The van der Waals surface area contributed by atoms with Gasteiger partial charge in [0.15, 0.2) is 0 Å². The lowest BCUT2D eigenvalue weighted by Crippen LogP contribution is -2.55. The molecule has 2 saturated carbocycles. The number of fused-ring (bicyclic) bond motifs is 5. The van der Waals surface area contributed by atoms with Crippen LogP contribution in [0.4, 0.5) is 0 Å². The van der Waals surface area contributed by atoms with Gasteiger partial charge in [-0.25, -0.2) is 0 Å². The lowest BCUT2D eigenvalue weighted by atomic mass is 9.54. The quantitative estimate of drug-likeness (QED) is 0.219. The maximum atomic E-state index is 13.8. The molecule has 0 amide bonds. The Labute approximate surface area is 260 Å². The van der Waals surface area contributed by atoms with Gasteiger partial charge >= 0.3 is 0 Å². The molecule has 218 valence electrons. The second kappa shape index (κ2) is 9.87. The van der Waals surface area contributed by atoms with E-state index < -0.39 is 11.0 Å². The van der Waals surface area contributed by atoms with Crippen LogP contribution in [0.2, 0.25) is 0 Å². The highest BCUT2D eigenvalue weighted by atomic mass is 16.3. The highest BCUT2D eigenvalue weighted by Gasteiger charge is 2.71. The molecule has 0 aliphatic heterocycles. The van der Waals surface area contributed by atoms with E-state index in [1.807, 2.05) is 0 Å². The standard InChI is InChI=1S/C42H39NO/c1-28(37-18-10-16-31-13-8-9-17-38(31)37)43-39-27-34-23-24-41(39,40(34,2)3)42(44,35-21-19-29-11-4-6-14-32(29)25-35)36-22-20-30-12-5-7-15-33(30)26-36/h4-22,25-26,28,34,44H,23-24,27H2,1-3H3/t28-,34+,41+/m0/s1. The number of aliphatic hydroxyl groups is 1. The molecular weight excluding hydrogens is 534 g/mol. The van der Waals surface area contributed by atoms with E-state index in [1.54, 1.807) is 0 Å². The normalized spacial score (nSPS) is 22.7. The summed E-state index contributed by atoms with van der Waals surface area (Å²) in [7, 11) is 0. The minimum absolute atomic E-state index is 0.0272. The van der Waals surface area contributed by atoms with Gasteiger partial charge in [0, 0.05) is 5.71 Å². The van der Waals surface area contributed by atoms with Crippen LogP contribution in [-0.2, 0) is 5.60 Å². The predicted molar refractivity (Wildman–Crippen MR) is 184 cm³/mol. The summed E-state index contributed by atoms with van der Waals surface area (Å²) in [5.41, 5.74) is 2.33. The molecule has 2 aliphatic carbocycles. The lowest BCUT2D eigenvalue weighted by Gasteiger charge is -2.51. The molecule has 1 N–H and O–H groups in total. The fourth-order valence-electron chi connectivity index (χ4n) is 9.13. The Bertz CT molecular complexity index is 2000. The van der Waals surface area contributed by atoms with Crippen LogP contribution in [0.5, 0.6) is 0 Å². The Morgan fingerprint density at radius 3 is 1.84 bits per heavy atom. The number of aliphatic imine (C=N–C) groups is 1. The summed E-state index contributed by atoms with van der Waals surface area (Å²) in [6, 6.07) is 45.2. The van der Waals surface area contributed by atoms with E-state index in [2.05, 4.69) is 148 Å². The summed E-state index contributed by atoms with van der Waals surface area (Å²) in [5, 5.41) is 21.0. The first-order valence-corrected chi connectivity index (χ1v) is 16.1. The summed E-state index contributed by atoms with van der Waals surface area (Å²) < 4.78 is 0. The minimum Gasteiger partial charge on any atom is -0.379 e. The van der Waals surface area contributed by atoms with Gasteiger partial charge in [0.1, 0.15) is 5.60 Å². The van der Waals surface area contributed by atoms with E-state index in [0.717, 1.165) is 41.2 Å². The van der Waals surface area contributed by atoms with Gasteiger partial charge in [0.2, 0.25) is 0 Å². The highest BCUT2D eigenvalue weighted by molar-refractivity contribution is 5.98. The third kappa shape index (κ3) is 3.74. The largest absolute Gasteiger partial charge is 0.379 e. The fourth-order valence-corrected chi connectivity index (χ4v) is 9.13. The fraction of sp³-hybridized carbons (Fsp3) is 0.262. The Kier molecular flexibility index (Phi) is 6.12. The molecule has 2 bridgehead atoms. The van der Waals surface area contributed by atoms with Crippen molar-refractivity contribution in [3.63, 3.8) is 0 Å². The topological polar surface area (TPSA) is 32.6 Å². The molecule has 0 heterocycles. The van der Waals surface area contributed by atoms with Gasteiger partial charge in [-0.1, -0.05) is 129 Å². The molecule has 3 atom stereocenters. The summed E-state index contributed by atoms with van der Waals surface area (Å²) in [4.78, 5) is 5.65. The van der Waals surface area contributed by atoms with Crippen LogP contribution in [-0.4, -0.2) is 10.8 Å². The molecule has 44 heavy (non-hydrogen) atoms. The van der Waals surface area contributed by atoms with Crippen molar-refractivity contribution >= 4 is 38.0 Å². The zero-order valence-corrected chi connectivity index (χ0v) is 25.8. The van der Waals surface area contributed by atoms with Crippen molar-refractivity contribution in [2.24, 2.45) is 21.7 Å². The predicted octanol–water partition coefficient (Wildman–Crippen LogP) is 10.4. The van der Waals surface area contributed by atoms with Crippen molar-refractivity contribution in [3.05, 3.63) is 144 Å². The van der Waals surface area contributed by atoms with Crippen molar-refractivity contribution < 1.29 is 5.11 Å². The summed E-state index contributed by atoms with van der Waals surface area (Å²) in [5.74, 6) is 0.466. The van der Waals surface area contributed by atoms with Crippen LogP contribution in [0.25, 0.3) is 32.3 Å². The van der Waals surface area contributed by atoms with Gasteiger partial charge in [-0.2, -0.15) is 0 Å². The lowest BCUT2D eigenvalue weighted by molar-refractivity contribution is -0.0630. The van der Waals surface area contributed by atoms with Gasteiger partial charge in [-0.15, -0.1) is 0 Å². The van der Waals surface area contributed by atoms with E-state index >= 15 is 0 Å². The van der Waals surface area contributed by atoms with E-state index in [-0.39, 0.29) is 11.5 Å². The van der Waals surface area contributed by atoms with Gasteiger partial charge in [0.25, 0.3) is 0 Å². The second-order valence-electron chi connectivity index (χ2n) is 13.7. The zero-order chi connectivity index (χ0) is 30.1. The van der Waals surface area contributed by atoms with Crippen LogP contribution in [0.15, 0.2) is 132 Å². The molecule has 6 aromatic rings. The average molecular weight is 574 g/mol. The second-order valence-corrected chi connectivity index (χ2v) is 13.7. The Hall–Kier alpha value is -4.27. The van der Waals surface area contributed by atoms with Crippen LogP contribution in [0.1, 0.15) is 62.8 Å². The monoisotopic (exact) mass is 573 g/mol. The van der Waals surface area contributed by atoms with Crippen LogP contribution < -0.4 is 0 Å². The number of rotatable bonds is 5. The molecule has 2 nitrogen and oxygen atoms in total. The van der Waals surface area contributed by atoms with Crippen LogP contribution >= 0.6 is 0 Å². The van der Waals surface area contributed by atoms with Crippen molar-refractivity contribution in [1.29, 1.82) is 0 Å². The molecule has 2 fully saturated rings. The number of nitrogens with zero attached hydrogens (tertiary/aromatic N) is 1. The molecule has 0 unspecified atom stereocenters. The van der Waals surface area contributed by atoms with E-state index in [1.165, 1.54) is 32.8 Å². The smallest absolute Gasteiger partial charge is 0.126 e. The molecule has 0 spiro atoms. The highest BCUT2D eigenvalue weighted by Crippen LogP contribution is 2.72. The Morgan fingerprint density at radius 1 is 0.682 bits per heavy atom. The van der Waals surface area contributed by atoms with Gasteiger partial charge < -0.3 is 5.11 Å². The Morgan fingerprint density at radius 2 is 1.23 bits per heavy atom. The van der Waals surface area contributed by atoms with E-state index in [9.17, 15) is 5.11 Å². The van der Waals surface area contributed by atoms with Crippen LogP contribution in [0, 0.1) is 16.7 Å². The molecule has 2 aliphatic rings. The maximum Gasteiger partial charge on any atom is 0.126 e. The van der Waals surface area contributed by atoms with Crippen molar-refractivity contribution in [2.45, 2.75) is 51.7 Å². The average Bonchev–Trinajstić information content (AvgIpc) is 3.45. The SMILES string of the molecule is C[C@H](N=C1C[C@H]2CC[C@]1(C(O)(c1ccc3ccccc3c1)c1ccc3ccccc3c1)C2(C)C)c1cccc2ccccc12. The first-order valence-electron chi connectivity index (χ1n) is 16.1. The maximum absolute atomic E-state index is 13.8. The molecule has 0 saturated heterocycles.